The van der Waals surface area contributed by atoms with Crippen LogP contribution in [-0.2, 0) is 6.42 Å². The average Bonchev–Trinajstić information content (AvgIpc) is 3.27. The number of carbonyl (C=O) groups is 1. The molecular weight excluding hydrogens is 338 g/mol. The Morgan fingerprint density at radius 3 is 2.78 bits per heavy atom. The average molecular weight is 363 g/mol. The van der Waals surface area contributed by atoms with Crippen molar-refractivity contribution < 1.29 is 4.79 Å². The molecule has 27 heavy (non-hydrogen) atoms. The van der Waals surface area contributed by atoms with Crippen molar-refractivity contribution in [1.82, 2.24) is 19.7 Å². The molecule has 1 unspecified atom stereocenters. The number of nitrogens with zero attached hydrogens (tertiary/aromatic N) is 4. The highest BCUT2D eigenvalue weighted by Crippen LogP contribution is 2.33. The monoisotopic (exact) mass is 363 g/mol. The van der Waals surface area contributed by atoms with Crippen LogP contribution in [0.5, 0.6) is 0 Å². The maximum Gasteiger partial charge on any atom is 0.315 e. The molecule has 1 fully saturated rings. The fraction of sp³-hybridized carbons (Fsp3) is 0.381. The second-order valence-corrected chi connectivity index (χ2v) is 7.58. The summed E-state index contributed by atoms with van der Waals surface area (Å²) in [6.07, 6.45) is 2.58. The van der Waals surface area contributed by atoms with Crippen LogP contribution in [0.1, 0.15) is 44.4 Å². The van der Waals surface area contributed by atoms with Crippen molar-refractivity contribution >= 4 is 16.8 Å². The summed E-state index contributed by atoms with van der Waals surface area (Å²) in [6, 6.07) is 13.9. The van der Waals surface area contributed by atoms with E-state index in [2.05, 4.69) is 38.1 Å². The number of urea groups is 1. The minimum atomic E-state index is -0.393. The van der Waals surface area contributed by atoms with Gasteiger partial charge in [0.05, 0.1) is 11.7 Å². The van der Waals surface area contributed by atoms with Crippen LogP contribution in [0.2, 0.25) is 0 Å². The van der Waals surface area contributed by atoms with E-state index < -0.39 is 6.03 Å². The van der Waals surface area contributed by atoms with Gasteiger partial charge in [-0.05, 0) is 30.2 Å². The lowest BCUT2D eigenvalue weighted by atomic mass is 10.1. The number of likely N-dealkylation sites (tertiary alicyclic amines) is 1. The zero-order valence-electron chi connectivity index (χ0n) is 15.8. The Morgan fingerprint density at radius 1 is 1.22 bits per heavy atom. The molecule has 1 aliphatic heterocycles. The van der Waals surface area contributed by atoms with Gasteiger partial charge in [0.1, 0.15) is 0 Å². The topological polar surface area (TPSA) is 77.0 Å². The predicted molar refractivity (Wildman–Crippen MR) is 106 cm³/mol. The zero-order chi connectivity index (χ0) is 19.0. The van der Waals surface area contributed by atoms with Gasteiger partial charge in [-0.15, -0.1) is 0 Å². The highest BCUT2D eigenvalue weighted by Gasteiger charge is 2.33. The van der Waals surface area contributed by atoms with E-state index in [4.69, 9.17) is 15.8 Å². The Kier molecular flexibility index (Phi) is 4.56. The molecule has 0 bridgehead atoms. The molecule has 1 atom stereocenters. The fourth-order valence-electron chi connectivity index (χ4n) is 3.91. The molecular formula is C21H25N5O. The van der Waals surface area contributed by atoms with Crippen LogP contribution in [0.15, 0.2) is 42.5 Å². The standard InChI is InChI=1S/C21H25N5O/c1-14(2)13-19-23-20(18-11-6-12-25(18)21(22)27)26(24-19)17-10-5-8-15-7-3-4-9-16(15)17/h3-5,7-10,14,18H,6,11-13H2,1-2H3,(H2,22,27). The largest absolute Gasteiger partial charge is 0.351 e. The zero-order valence-corrected chi connectivity index (χ0v) is 15.8. The van der Waals surface area contributed by atoms with E-state index in [1.807, 2.05) is 22.9 Å². The summed E-state index contributed by atoms with van der Waals surface area (Å²) in [4.78, 5) is 18.5. The molecule has 2 heterocycles. The van der Waals surface area contributed by atoms with Gasteiger partial charge in [0, 0.05) is 18.4 Å². The number of fused-ring (bicyclic) bond motifs is 1. The smallest absolute Gasteiger partial charge is 0.315 e. The van der Waals surface area contributed by atoms with Gasteiger partial charge in [0.15, 0.2) is 11.6 Å². The molecule has 1 aliphatic rings. The lowest BCUT2D eigenvalue weighted by molar-refractivity contribution is 0.200. The number of benzene rings is 2. The van der Waals surface area contributed by atoms with Crippen molar-refractivity contribution in [2.75, 3.05) is 6.54 Å². The Hall–Kier alpha value is -2.89. The first kappa shape index (κ1) is 17.5. The first-order chi connectivity index (χ1) is 13.0. The highest BCUT2D eigenvalue weighted by molar-refractivity contribution is 5.90. The van der Waals surface area contributed by atoms with Gasteiger partial charge in [-0.2, -0.15) is 5.10 Å². The van der Waals surface area contributed by atoms with E-state index in [0.29, 0.717) is 12.5 Å². The first-order valence-electron chi connectivity index (χ1n) is 9.54. The molecule has 3 aromatic rings. The SMILES string of the molecule is CC(C)Cc1nc(C2CCCN2C(N)=O)n(-c2cccc3ccccc23)n1. The lowest BCUT2D eigenvalue weighted by Crippen LogP contribution is -2.36. The Morgan fingerprint density at radius 2 is 2.00 bits per heavy atom. The molecule has 1 aromatic heterocycles. The van der Waals surface area contributed by atoms with Crippen molar-refractivity contribution in [1.29, 1.82) is 0 Å². The van der Waals surface area contributed by atoms with E-state index in [1.165, 1.54) is 0 Å². The number of rotatable bonds is 4. The number of carbonyl (C=O) groups excluding carboxylic acids is 1. The summed E-state index contributed by atoms with van der Waals surface area (Å²) >= 11 is 0. The summed E-state index contributed by atoms with van der Waals surface area (Å²) in [5.74, 6) is 2.07. The van der Waals surface area contributed by atoms with Gasteiger partial charge >= 0.3 is 6.03 Å². The molecule has 2 N–H and O–H groups in total. The second kappa shape index (κ2) is 7.02. The number of nitrogens with two attached hydrogens (primary N) is 1. The maximum atomic E-state index is 11.9. The van der Waals surface area contributed by atoms with E-state index in [9.17, 15) is 4.79 Å². The molecule has 4 rings (SSSR count). The quantitative estimate of drug-likeness (QED) is 0.765. The lowest BCUT2D eigenvalue weighted by Gasteiger charge is -2.22. The second-order valence-electron chi connectivity index (χ2n) is 7.58. The molecule has 6 nitrogen and oxygen atoms in total. The number of hydrogen-bond acceptors (Lipinski definition) is 3. The summed E-state index contributed by atoms with van der Waals surface area (Å²) in [7, 11) is 0. The van der Waals surface area contributed by atoms with E-state index in [-0.39, 0.29) is 6.04 Å². The van der Waals surface area contributed by atoms with Gasteiger partial charge in [0.25, 0.3) is 0 Å². The van der Waals surface area contributed by atoms with Crippen LogP contribution in [0.25, 0.3) is 16.5 Å². The Bertz CT molecular complexity index is 972. The van der Waals surface area contributed by atoms with E-state index in [0.717, 1.165) is 47.4 Å². The van der Waals surface area contributed by atoms with Gasteiger partial charge in [-0.25, -0.2) is 14.5 Å². The Labute approximate surface area is 159 Å². The van der Waals surface area contributed by atoms with Gasteiger partial charge < -0.3 is 10.6 Å². The van der Waals surface area contributed by atoms with E-state index >= 15 is 0 Å². The molecule has 1 saturated heterocycles. The third-order valence-corrected chi connectivity index (χ3v) is 5.10. The normalized spacial score (nSPS) is 17.1. The number of aromatic nitrogens is 3. The number of hydrogen-bond donors (Lipinski definition) is 1. The van der Waals surface area contributed by atoms with Crippen LogP contribution in [0.3, 0.4) is 0 Å². The molecule has 0 radical (unpaired) electrons. The fourth-order valence-corrected chi connectivity index (χ4v) is 3.91. The van der Waals surface area contributed by atoms with Crippen LogP contribution in [0, 0.1) is 5.92 Å². The molecule has 2 amide bonds. The number of primary amides is 1. The molecule has 0 spiro atoms. The van der Waals surface area contributed by atoms with E-state index in [1.54, 1.807) is 4.90 Å². The molecule has 2 aromatic carbocycles. The molecule has 0 saturated carbocycles. The summed E-state index contributed by atoms with van der Waals surface area (Å²) in [6.45, 7) is 4.98. The van der Waals surface area contributed by atoms with Crippen LogP contribution < -0.4 is 5.73 Å². The van der Waals surface area contributed by atoms with Crippen molar-refractivity contribution in [3.8, 4) is 5.69 Å². The van der Waals surface area contributed by atoms with Crippen molar-refractivity contribution in [3.63, 3.8) is 0 Å². The van der Waals surface area contributed by atoms with Crippen molar-refractivity contribution in [2.45, 2.75) is 39.2 Å². The predicted octanol–water partition coefficient (Wildman–Crippen LogP) is 3.83. The number of amides is 2. The first-order valence-corrected chi connectivity index (χ1v) is 9.54. The van der Waals surface area contributed by atoms with Gasteiger partial charge in [0.2, 0.25) is 0 Å². The molecule has 140 valence electrons. The van der Waals surface area contributed by atoms with Crippen LogP contribution >= 0.6 is 0 Å². The third-order valence-electron chi connectivity index (χ3n) is 5.10. The van der Waals surface area contributed by atoms with Crippen molar-refractivity contribution in [2.24, 2.45) is 11.7 Å². The van der Waals surface area contributed by atoms with Crippen molar-refractivity contribution in [3.05, 3.63) is 54.1 Å². The van der Waals surface area contributed by atoms with Crippen LogP contribution in [0.4, 0.5) is 4.79 Å². The Balaban J connectivity index is 1.88. The van der Waals surface area contributed by atoms with Gasteiger partial charge in [-0.3, -0.25) is 0 Å². The summed E-state index contributed by atoms with van der Waals surface area (Å²) < 4.78 is 1.92. The van der Waals surface area contributed by atoms with Gasteiger partial charge in [-0.1, -0.05) is 50.2 Å². The summed E-state index contributed by atoms with van der Waals surface area (Å²) in [5.41, 5.74) is 6.61. The summed E-state index contributed by atoms with van der Waals surface area (Å²) in [5, 5.41) is 7.11. The maximum absolute atomic E-state index is 11.9. The molecule has 6 heteroatoms. The molecule has 0 aliphatic carbocycles. The van der Waals surface area contributed by atoms with Crippen LogP contribution in [-0.4, -0.2) is 32.2 Å². The third kappa shape index (κ3) is 3.27. The minimum absolute atomic E-state index is 0.130. The minimum Gasteiger partial charge on any atom is -0.351 e. The highest BCUT2D eigenvalue weighted by atomic mass is 16.2.